The van der Waals surface area contributed by atoms with E-state index in [-0.39, 0.29) is 11.3 Å². The first-order valence-corrected chi connectivity index (χ1v) is 10.1. The van der Waals surface area contributed by atoms with Crippen molar-refractivity contribution in [2.75, 3.05) is 14.2 Å². The number of rotatable bonds is 8. The molecule has 0 aliphatic carbocycles. The first-order valence-electron chi connectivity index (χ1n) is 10.1. The van der Waals surface area contributed by atoms with Crippen LogP contribution in [0, 0.1) is 0 Å². The van der Waals surface area contributed by atoms with Crippen molar-refractivity contribution in [3.8, 4) is 5.75 Å². The van der Waals surface area contributed by atoms with Gasteiger partial charge in [-0.2, -0.15) is 26.3 Å². The number of nitrogens with one attached hydrogen (secondary N) is 1. The molecule has 1 unspecified atom stereocenters. The number of methoxy groups -OCH3 is 1. The van der Waals surface area contributed by atoms with Crippen molar-refractivity contribution < 1.29 is 36.2 Å². The van der Waals surface area contributed by atoms with Gasteiger partial charge in [-0.1, -0.05) is 38.1 Å². The van der Waals surface area contributed by atoms with Gasteiger partial charge in [-0.15, -0.1) is 0 Å². The van der Waals surface area contributed by atoms with Crippen LogP contribution in [0.3, 0.4) is 0 Å². The summed E-state index contributed by atoms with van der Waals surface area (Å²) >= 11 is 0. The van der Waals surface area contributed by atoms with Crippen molar-refractivity contribution >= 4 is 6.08 Å². The number of benzene rings is 2. The predicted molar refractivity (Wildman–Crippen MR) is 115 cm³/mol. The molecule has 0 aliphatic rings. The van der Waals surface area contributed by atoms with Crippen LogP contribution < -0.4 is 10.1 Å². The smallest absolute Gasteiger partial charge is 0.417 e. The van der Waals surface area contributed by atoms with E-state index in [1.54, 1.807) is 38.1 Å². The van der Waals surface area contributed by atoms with Crippen molar-refractivity contribution in [2.45, 2.75) is 50.1 Å². The molecule has 33 heavy (non-hydrogen) atoms. The fraction of sp³-hybridized carbons (Fsp3) is 0.417. The van der Waals surface area contributed by atoms with Crippen LogP contribution >= 0.6 is 0 Å². The van der Waals surface area contributed by atoms with Crippen molar-refractivity contribution in [1.82, 2.24) is 5.32 Å². The third kappa shape index (κ3) is 6.66. The van der Waals surface area contributed by atoms with Crippen LogP contribution in [0.1, 0.15) is 43.4 Å². The van der Waals surface area contributed by atoms with E-state index in [0.717, 1.165) is 12.1 Å². The molecule has 9 heteroatoms. The summed E-state index contributed by atoms with van der Waals surface area (Å²) in [4.78, 5) is 0. The van der Waals surface area contributed by atoms with Crippen molar-refractivity contribution in [2.24, 2.45) is 0 Å². The molecule has 0 saturated carbocycles. The molecular weight excluding hydrogens is 448 g/mol. The molecule has 2 aromatic rings. The zero-order chi connectivity index (χ0) is 25.1. The number of ether oxygens (including phenoxy) is 1. The average molecular weight is 475 g/mol. The van der Waals surface area contributed by atoms with Crippen LogP contribution in [0.4, 0.5) is 26.3 Å². The first-order chi connectivity index (χ1) is 15.1. The molecule has 2 N–H and O–H groups in total. The Hall–Kier alpha value is -2.68. The molecule has 0 fully saturated rings. The lowest BCUT2D eigenvalue weighted by molar-refractivity contribution is -0.266. The second-order valence-electron chi connectivity index (χ2n) is 8.54. The van der Waals surface area contributed by atoms with E-state index >= 15 is 0 Å². The van der Waals surface area contributed by atoms with Gasteiger partial charge in [-0.25, -0.2) is 0 Å². The summed E-state index contributed by atoms with van der Waals surface area (Å²) in [5.41, 5.74) is -4.63. The summed E-state index contributed by atoms with van der Waals surface area (Å²) in [6.45, 7) is 3.15. The highest BCUT2D eigenvalue weighted by atomic mass is 19.4. The molecule has 3 nitrogen and oxygen atoms in total. The standard InChI is InChI=1S/C24H27F6NO2/c1-21(2,17-8-6-10-20(13-17)33-4)15-22(32,24(28,29)30)14-19(31-3)12-16-7-5-9-18(11-16)23(25,26)27/h5-13,31-32H,14-15H2,1-4H3/b19-12-. The summed E-state index contributed by atoms with van der Waals surface area (Å²) in [5.74, 6) is 0.469. The quantitative estimate of drug-likeness (QED) is 0.439. The molecule has 2 rings (SSSR count). The molecule has 0 aromatic heterocycles. The van der Waals surface area contributed by atoms with E-state index < -0.39 is 41.8 Å². The Morgan fingerprint density at radius 3 is 2.12 bits per heavy atom. The topological polar surface area (TPSA) is 41.5 Å². The van der Waals surface area contributed by atoms with E-state index in [2.05, 4.69) is 5.32 Å². The highest BCUT2D eigenvalue weighted by Gasteiger charge is 2.56. The van der Waals surface area contributed by atoms with Crippen LogP contribution in [0.2, 0.25) is 0 Å². The first kappa shape index (κ1) is 26.6. The van der Waals surface area contributed by atoms with Crippen LogP contribution in [-0.4, -0.2) is 31.0 Å². The maximum atomic E-state index is 14.1. The van der Waals surface area contributed by atoms with Crippen LogP contribution in [0.5, 0.6) is 5.75 Å². The van der Waals surface area contributed by atoms with E-state index in [9.17, 15) is 31.4 Å². The van der Waals surface area contributed by atoms with Crippen molar-refractivity contribution in [3.63, 3.8) is 0 Å². The van der Waals surface area contributed by atoms with Gasteiger partial charge < -0.3 is 15.2 Å². The zero-order valence-corrected chi connectivity index (χ0v) is 18.7. The summed E-state index contributed by atoms with van der Waals surface area (Å²) in [7, 11) is 2.79. The Morgan fingerprint density at radius 1 is 0.970 bits per heavy atom. The van der Waals surface area contributed by atoms with Gasteiger partial charge in [-0.3, -0.25) is 0 Å². The van der Waals surface area contributed by atoms with Gasteiger partial charge >= 0.3 is 12.4 Å². The molecule has 1 atom stereocenters. The minimum atomic E-state index is -4.99. The van der Waals surface area contributed by atoms with Crippen LogP contribution in [0.25, 0.3) is 6.08 Å². The molecule has 0 bridgehead atoms. The number of halogens is 6. The minimum Gasteiger partial charge on any atom is -0.497 e. The third-order valence-corrected chi connectivity index (χ3v) is 5.47. The summed E-state index contributed by atoms with van der Waals surface area (Å²) in [6.07, 6.45) is -9.95. The maximum absolute atomic E-state index is 14.1. The fourth-order valence-electron chi connectivity index (χ4n) is 3.67. The Bertz CT molecular complexity index is 981. The van der Waals surface area contributed by atoms with Gasteiger partial charge in [0.15, 0.2) is 5.60 Å². The lowest BCUT2D eigenvalue weighted by Crippen LogP contribution is -2.50. The summed E-state index contributed by atoms with van der Waals surface area (Å²) in [5, 5.41) is 13.4. The molecule has 182 valence electrons. The van der Waals surface area contributed by atoms with Gasteiger partial charge in [0.25, 0.3) is 0 Å². The Kier molecular flexibility index (Phi) is 7.78. The zero-order valence-electron chi connectivity index (χ0n) is 18.7. The van der Waals surface area contributed by atoms with Gasteiger partial charge in [0.2, 0.25) is 0 Å². The lowest BCUT2D eigenvalue weighted by Gasteiger charge is -2.38. The van der Waals surface area contributed by atoms with Crippen LogP contribution in [0.15, 0.2) is 54.2 Å². The normalized spacial score (nSPS) is 15.2. The monoisotopic (exact) mass is 475 g/mol. The molecule has 0 saturated heterocycles. The Balaban J connectivity index is 2.41. The summed E-state index contributed by atoms with van der Waals surface area (Å²) in [6, 6.07) is 10.8. The molecular formula is C24H27F6NO2. The second kappa shape index (κ2) is 9.67. The Morgan fingerprint density at radius 2 is 1.58 bits per heavy atom. The molecule has 0 aliphatic heterocycles. The average Bonchev–Trinajstić information content (AvgIpc) is 2.71. The highest BCUT2D eigenvalue weighted by Crippen LogP contribution is 2.44. The van der Waals surface area contributed by atoms with Gasteiger partial charge in [0.1, 0.15) is 5.75 Å². The molecule has 0 radical (unpaired) electrons. The molecule has 0 spiro atoms. The van der Waals surface area contributed by atoms with Crippen molar-refractivity contribution in [1.29, 1.82) is 0 Å². The van der Waals surface area contributed by atoms with Gasteiger partial charge in [0.05, 0.1) is 12.7 Å². The molecule has 0 amide bonds. The predicted octanol–water partition coefficient (Wildman–Crippen LogP) is 6.33. The fourth-order valence-corrected chi connectivity index (χ4v) is 3.67. The van der Waals surface area contributed by atoms with Gasteiger partial charge in [-0.05, 0) is 53.3 Å². The second-order valence-corrected chi connectivity index (χ2v) is 8.54. The number of hydrogen-bond donors (Lipinski definition) is 2. The van der Waals surface area contributed by atoms with Crippen LogP contribution in [-0.2, 0) is 11.6 Å². The maximum Gasteiger partial charge on any atom is 0.417 e. The number of aliphatic hydroxyl groups is 1. The third-order valence-electron chi connectivity index (χ3n) is 5.47. The SMILES string of the molecule is CN/C(=C\c1cccc(C(F)(F)F)c1)CC(O)(CC(C)(C)c1cccc(OC)c1)C(F)(F)F. The van der Waals surface area contributed by atoms with E-state index in [0.29, 0.717) is 11.3 Å². The lowest BCUT2D eigenvalue weighted by atomic mass is 9.73. The largest absolute Gasteiger partial charge is 0.497 e. The summed E-state index contributed by atoms with van der Waals surface area (Å²) < 4.78 is 86.3. The Labute approximate surface area is 189 Å². The van der Waals surface area contributed by atoms with E-state index in [4.69, 9.17) is 4.74 Å². The van der Waals surface area contributed by atoms with E-state index in [1.807, 2.05) is 0 Å². The number of alkyl halides is 6. The number of hydrogen-bond acceptors (Lipinski definition) is 3. The molecule has 2 aromatic carbocycles. The van der Waals surface area contributed by atoms with Gasteiger partial charge in [0, 0.05) is 19.2 Å². The highest BCUT2D eigenvalue weighted by molar-refractivity contribution is 5.54. The molecule has 0 heterocycles. The minimum absolute atomic E-state index is 0.0596. The van der Waals surface area contributed by atoms with Crippen molar-refractivity contribution in [3.05, 3.63) is 70.9 Å². The van der Waals surface area contributed by atoms with E-state index in [1.165, 1.54) is 32.4 Å².